The molecule has 226 valence electrons. The van der Waals surface area contributed by atoms with Gasteiger partial charge in [-0.15, -0.1) is 11.3 Å². The molecule has 1 aliphatic heterocycles. The van der Waals surface area contributed by atoms with E-state index >= 15 is 0 Å². The minimum Gasteiger partial charge on any atom is -0.493 e. The van der Waals surface area contributed by atoms with Crippen molar-refractivity contribution >= 4 is 34.8 Å². The fraction of sp³-hybridized carbons (Fsp3) is 0.273. The average molecular weight is 613 g/mol. The van der Waals surface area contributed by atoms with E-state index in [-0.39, 0.29) is 28.6 Å². The van der Waals surface area contributed by atoms with Crippen molar-refractivity contribution in [1.82, 2.24) is 10.3 Å². The van der Waals surface area contributed by atoms with Gasteiger partial charge in [0.15, 0.2) is 5.69 Å². The minimum absolute atomic E-state index is 0.0704. The second-order valence-corrected chi connectivity index (χ2v) is 12.1. The van der Waals surface area contributed by atoms with E-state index in [1.165, 1.54) is 12.1 Å². The van der Waals surface area contributed by atoms with Gasteiger partial charge in [-0.25, -0.2) is 9.78 Å². The van der Waals surface area contributed by atoms with E-state index in [0.29, 0.717) is 49.4 Å². The minimum atomic E-state index is -1.35. The van der Waals surface area contributed by atoms with E-state index in [9.17, 15) is 24.6 Å². The number of carbonyl (C=O) groups is 3. The Hall–Kier alpha value is -4.58. The van der Waals surface area contributed by atoms with Crippen LogP contribution in [0.25, 0.3) is 21.6 Å². The van der Waals surface area contributed by atoms with Gasteiger partial charge in [0.25, 0.3) is 11.8 Å². The number of thiophene rings is 1. The fourth-order valence-electron chi connectivity index (χ4n) is 5.81. The number of nitrogens with two attached hydrogens (primary N) is 1. The summed E-state index contributed by atoms with van der Waals surface area (Å²) in [7, 11) is 0. The average Bonchev–Trinajstić information content (AvgIpc) is 3.38. The summed E-state index contributed by atoms with van der Waals surface area (Å²) in [5.74, 6) is -1.78. The molecule has 2 aromatic heterocycles. The van der Waals surface area contributed by atoms with Crippen LogP contribution in [0.15, 0.2) is 47.8 Å². The van der Waals surface area contributed by atoms with Crippen molar-refractivity contribution in [1.29, 1.82) is 0 Å². The summed E-state index contributed by atoms with van der Waals surface area (Å²) in [5, 5.41) is 27.6. The lowest BCUT2D eigenvalue weighted by Crippen LogP contribution is -2.47. The second-order valence-electron chi connectivity index (χ2n) is 11.2. The highest BCUT2D eigenvalue weighted by Crippen LogP contribution is 2.43. The molecule has 0 saturated heterocycles. The first-order valence-corrected chi connectivity index (χ1v) is 15.2. The number of fused-ring (bicyclic) bond motifs is 3. The molecule has 1 aliphatic carbocycles. The predicted molar refractivity (Wildman–Crippen MR) is 167 cm³/mol. The maximum atomic E-state index is 14.1. The summed E-state index contributed by atoms with van der Waals surface area (Å²) in [6, 6.07) is 12.1. The molecule has 3 heterocycles. The van der Waals surface area contributed by atoms with Crippen molar-refractivity contribution < 1.29 is 29.3 Å². The van der Waals surface area contributed by atoms with Gasteiger partial charge in [-0.1, -0.05) is 12.1 Å². The number of aromatic carboxylic acids is 1. The predicted octanol–water partition coefficient (Wildman–Crippen LogP) is 4.69. The molecule has 0 bridgehead atoms. The van der Waals surface area contributed by atoms with Crippen LogP contribution in [0.3, 0.4) is 0 Å². The van der Waals surface area contributed by atoms with E-state index in [1.807, 2.05) is 37.4 Å². The molecule has 11 heteroatoms. The number of nitrogens with one attached hydrogen (secondary N) is 2. The Morgan fingerprint density at radius 2 is 1.77 bits per heavy atom. The molecule has 0 spiro atoms. The number of anilines is 1. The third kappa shape index (κ3) is 5.57. The number of carbonyl (C=O) groups excluding carboxylic acids is 2. The number of carboxylic acids is 1. The molecular weight excluding hydrogens is 580 g/mol. The number of aliphatic hydroxyl groups is 1. The number of aromatic nitrogens is 1. The Kier molecular flexibility index (Phi) is 7.93. The Morgan fingerprint density at radius 3 is 2.45 bits per heavy atom. The maximum Gasteiger partial charge on any atom is 0.355 e. The molecule has 6 rings (SSSR count). The molecule has 1 fully saturated rings. The Labute approximate surface area is 257 Å². The summed E-state index contributed by atoms with van der Waals surface area (Å²) in [6.07, 6.45) is 1.10. The number of aryl methyl sites for hydroxylation is 2. The SMILES string of the molecule is Cc1cc(CN)cc(C)c1NC(=O)c1cc2c(cc1-c1ccc(C(=O)N[C@H]3C[C@H](O)C3)nc1C(=O)O)OCCc1ccsc1-2. The van der Waals surface area contributed by atoms with Crippen LogP contribution in [0.1, 0.15) is 66.4 Å². The van der Waals surface area contributed by atoms with Crippen LogP contribution in [0.5, 0.6) is 5.75 Å². The first-order chi connectivity index (χ1) is 21.1. The van der Waals surface area contributed by atoms with Gasteiger partial charge < -0.3 is 31.3 Å². The normalized spacial score (nSPS) is 16.9. The summed E-state index contributed by atoms with van der Waals surface area (Å²) in [4.78, 5) is 44.7. The van der Waals surface area contributed by atoms with E-state index in [1.54, 1.807) is 23.5 Å². The zero-order valence-electron chi connectivity index (χ0n) is 24.3. The van der Waals surface area contributed by atoms with E-state index in [4.69, 9.17) is 10.5 Å². The molecule has 6 N–H and O–H groups in total. The fourth-order valence-corrected chi connectivity index (χ4v) is 6.78. The van der Waals surface area contributed by atoms with Gasteiger partial charge in [-0.3, -0.25) is 9.59 Å². The van der Waals surface area contributed by atoms with E-state index in [0.717, 1.165) is 32.7 Å². The van der Waals surface area contributed by atoms with Crippen molar-refractivity contribution in [2.75, 3.05) is 11.9 Å². The van der Waals surface area contributed by atoms with Crippen molar-refractivity contribution in [3.05, 3.63) is 87.0 Å². The summed E-state index contributed by atoms with van der Waals surface area (Å²) < 4.78 is 6.11. The monoisotopic (exact) mass is 612 g/mol. The molecule has 44 heavy (non-hydrogen) atoms. The van der Waals surface area contributed by atoms with Gasteiger partial charge in [0.05, 0.1) is 12.7 Å². The van der Waals surface area contributed by atoms with E-state index < -0.39 is 23.9 Å². The molecule has 10 nitrogen and oxygen atoms in total. The van der Waals surface area contributed by atoms with Crippen LogP contribution in [-0.2, 0) is 13.0 Å². The number of hydrogen-bond donors (Lipinski definition) is 5. The highest BCUT2D eigenvalue weighted by molar-refractivity contribution is 7.13. The number of amides is 2. The molecule has 2 aromatic carbocycles. The van der Waals surface area contributed by atoms with Gasteiger partial charge in [0, 0.05) is 51.8 Å². The van der Waals surface area contributed by atoms with Crippen LogP contribution < -0.4 is 21.1 Å². The van der Waals surface area contributed by atoms with Crippen molar-refractivity contribution in [3.63, 3.8) is 0 Å². The summed E-state index contributed by atoms with van der Waals surface area (Å²) in [5.41, 5.74) is 11.3. The van der Waals surface area contributed by atoms with Gasteiger partial charge >= 0.3 is 5.97 Å². The number of benzene rings is 2. The van der Waals surface area contributed by atoms with Crippen LogP contribution in [0, 0.1) is 13.8 Å². The van der Waals surface area contributed by atoms with Crippen LogP contribution in [0.4, 0.5) is 5.69 Å². The van der Waals surface area contributed by atoms with Crippen LogP contribution in [-0.4, -0.2) is 51.7 Å². The van der Waals surface area contributed by atoms with Gasteiger partial charge in [-0.2, -0.15) is 0 Å². The third-order valence-electron chi connectivity index (χ3n) is 8.12. The number of pyridine rings is 1. The first kappa shape index (κ1) is 29.5. The van der Waals surface area contributed by atoms with Gasteiger partial charge in [0.2, 0.25) is 0 Å². The number of carboxylic acid groups (broad SMARTS) is 1. The van der Waals surface area contributed by atoms with E-state index in [2.05, 4.69) is 15.6 Å². The highest BCUT2D eigenvalue weighted by atomic mass is 32.1. The van der Waals surface area contributed by atoms with Crippen molar-refractivity contribution in [3.8, 4) is 27.3 Å². The lowest BCUT2D eigenvalue weighted by Gasteiger charge is -2.31. The number of rotatable bonds is 7. The van der Waals surface area contributed by atoms with Gasteiger partial charge in [0.1, 0.15) is 11.4 Å². The summed E-state index contributed by atoms with van der Waals surface area (Å²) in [6.45, 7) is 4.58. The quantitative estimate of drug-likeness (QED) is 0.201. The number of nitrogens with zero attached hydrogens (tertiary/aromatic N) is 1. The number of ether oxygens (including phenoxy) is 1. The number of hydrogen-bond acceptors (Lipinski definition) is 8. The van der Waals surface area contributed by atoms with Crippen LogP contribution >= 0.6 is 11.3 Å². The Morgan fingerprint density at radius 1 is 1.02 bits per heavy atom. The maximum absolute atomic E-state index is 14.1. The molecule has 4 aromatic rings. The van der Waals surface area contributed by atoms with Crippen LogP contribution in [0.2, 0.25) is 0 Å². The van der Waals surface area contributed by atoms with Gasteiger partial charge in [-0.05, 0) is 84.7 Å². The Balaban J connectivity index is 1.47. The smallest absolute Gasteiger partial charge is 0.355 e. The molecule has 0 atom stereocenters. The molecule has 0 unspecified atom stereocenters. The molecular formula is C33H32N4O6S. The second kappa shape index (κ2) is 11.8. The standard InChI is InChI=1S/C33H32N4O6S/c1-16-9-18(15-34)10-17(2)28(16)37-31(39)24-13-25-27(43-7-5-19-6-8-44-30(19)25)14-23(24)22-3-4-26(36-29(22)33(41)42)32(40)35-20-11-21(38)12-20/h3-4,6,8-10,13-14,20-21,38H,5,7,11-12,15,34H2,1-2H3,(H,35,40)(H,37,39)(H,41,42)/t20-,21-. The zero-order chi connectivity index (χ0) is 31.1. The number of aliphatic hydroxyl groups excluding tert-OH is 1. The lowest BCUT2D eigenvalue weighted by atomic mass is 9.89. The third-order valence-corrected chi connectivity index (χ3v) is 9.11. The van der Waals surface area contributed by atoms with Crippen molar-refractivity contribution in [2.45, 2.75) is 51.8 Å². The largest absolute Gasteiger partial charge is 0.493 e. The molecule has 2 amide bonds. The topological polar surface area (TPSA) is 164 Å². The highest BCUT2D eigenvalue weighted by Gasteiger charge is 2.30. The molecule has 0 radical (unpaired) electrons. The van der Waals surface area contributed by atoms with Crippen molar-refractivity contribution in [2.24, 2.45) is 5.73 Å². The Bertz CT molecular complexity index is 1790. The molecule has 2 aliphatic rings. The zero-order valence-corrected chi connectivity index (χ0v) is 25.1. The summed E-state index contributed by atoms with van der Waals surface area (Å²) >= 11 is 1.55. The first-order valence-electron chi connectivity index (χ1n) is 14.4. The molecule has 1 saturated carbocycles. The lowest BCUT2D eigenvalue weighted by molar-refractivity contribution is 0.0560.